The molecule has 126 valence electrons. The van der Waals surface area contributed by atoms with Crippen LogP contribution < -0.4 is 0 Å². The molecule has 1 atom stereocenters. The molecule has 1 aliphatic rings. The zero-order chi connectivity index (χ0) is 17.3. The predicted molar refractivity (Wildman–Crippen MR) is 93.6 cm³/mol. The van der Waals surface area contributed by atoms with Crippen LogP contribution in [0, 0.1) is 10.1 Å². The van der Waals surface area contributed by atoms with Crippen molar-refractivity contribution in [2.45, 2.75) is 10.3 Å². The molecule has 6 nitrogen and oxygen atoms in total. The van der Waals surface area contributed by atoms with Crippen LogP contribution in [-0.2, 0) is 10.0 Å². The minimum absolute atomic E-state index is 0.0520. The molecule has 0 radical (unpaired) electrons. The fourth-order valence-electron chi connectivity index (χ4n) is 2.50. The number of sulfonamides is 1. The van der Waals surface area contributed by atoms with Crippen molar-refractivity contribution in [2.24, 2.45) is 0 Å². The molecule has 0 aromatic heterocycles. The van der Waals surface area contributed by atoms with Gasteiger partial charge in [0.15, 0.2) is 0 Å². The van der Waals surface area contributed by atoms with Gasteiger partial charge in [-0.3, -0.25) is 10.1 Å². The van der Waals surface area contributed by atoms with Gasteiger partial charge in [0.1, 0.15) is 0 Å². The molecule has 0 amide bonds. The van der Waals surface area contributed by atoms with E-state index in [0.717, 1.165) is 0 Å². The van der Waals surface area contributed by atoms with Crippen LogP contribution in [0.5, 0.6) is 0 Å². The molecular weight excluding hydrogens is 372 g/mol. The van der Waals surface area contributed by atoms with Gasteiger partial charge in [-0.05, 0) is 29.8 Å². The maximum atomic E-state index is 12.9. The van der Waals surface area contributed by atoms with Crippen LogP contribution in [0.15, 0.2) is 53.4 Å². The molecule has 9 heteroatoms. The lowest BCUT2D eigenvalue weighted by Gasteiger charge is -2.23. The highest BCUT2D eigenvalue weighted by molar-refractivity contribution is 8.01. The molecule has 1 saturated heterocycles. The van der Waals surface area contributed by atoms with Gasteiger partial charge in [0.25, 0.3) is 5.69 Å². The highest BCUT2D eigenvalue weighted by Crippen LogP contribution is 2.42. The molecule has 0 spiro atoms. The smallest absolute Gasteiger partial charge is 0.258 e. The second kappa shape index (κ2) is 6.72. The average molecular weight is 385 g/mol. The predicted octanol–water partition coefficient (Wildman–Crippen LogP) is 3.68. The Hall–Kier alpha value is -1.61. The zero-order valence-corrected chi connectivity index (χ0v) is 14.7. The standard InChI is InChI=1S/C15H13ClN2O4S2/c16-12-4-6-14(7-5-12)24(21,22)17-8-9-23-15(17)11-2-1-3-13(10-11)18(19)20/h1-7,10,15H,8-9H2/t15-/m0/s1. The molecule has 0 N–H and O–H groups in total. The summed E-state index contributed by atoms with van der Waals surface area (Å²) in [6.45, 7) is 0.350. The van der Waals surface area contributed by atoms with Crippen LogP contribution in [0.1, 0.15) is 10.9 Å². The summed E-state index contributed by atoms with van der Waals surface area (Å²) in [5.41, 5.74) is 0.549. The van der Waals surface area contributed by atoms with Crippen molar-refractivity contribution in [2.75, 3.05) is 12.3 Å². The summed E-state index contributed by atoms with van der Waals surface area (Å²) in [5.74, 6) is 0.625. The summed E-state index contributed by atoms with van der Waals surface area (Å²) in [4.78, 5) is 10.6. The van der Waals surface area contributed by atoms with E-state index in [0.29, 0.717) is 22.9 Å². The van der Waals surface area contributed by atoms with Gasteiger partial charge >= 0.3 is 0 Å². The van der Waals surface area contributed by atoms with Crippen LogP contribution in [0.3, 0.4) is 0 Å². The van der Waals surface area contributed by atoms with Crippen molar-refractivity contribution in [3.05, 3.63) is 69.2 Å². The number of halogens is 1. The number of benzene rings is 2. The van der Waals surface area contributed by atoms with Crippen LogP contribution >= 0.6 is 23.4 Å². The molecule has 2 aromatic carbocycles. The number of hydrogen-bond donors (Lipinski definition) is 0. The topological polar surface area (TPSA) is 80.5 Å². The number of nitrogens with zero attached hydrogens (tertiary/aromatic N) is 2. The molecule has 0 aliphatic carbocycles. The summed E-state index contributed by atoms with van der Waals surface area (Å²) in [6, 6.07) is 12.1. The van der Waals surface area contributed by atoms with Crippen molar-refractivity contribution >= 4 is 39.1 Å². The largest absolute Gasteiger partial charge is 0.269 e. The normalized spacial score (nSPS) is 18.6. The van der Waals surface area contributed by atoms with Crippen LogP contribution in [0.25, 0.3) is 0 Å². The van der Waals surface area contributed by atoms with Gasteiger partial charge in [0, 0.05) is 29.5 Å². The highest BCUT2D eigenvalue weighted by Gasteiger charge is 2.37. The first-order chi connectivity index (χ1) is 11.4. The Morgan fingerprint density at radius 2 is 1.92 bits per heavy atom. The van der Waals surface area contributed by atoms with Gasteiger partial charge in [0.05, 0.1) is 15.2 Å². The molecule has 2 aromatic rings. The Kier molecular flexibility index (Phi) is 4.82. The zero-order valence-electron chi connectivity index (χ0n) is 12.3. The van der Waals surface area contributed by atoms with E-state index in [4.69, 9.17) is 11.6 Å². The fourth-order valence-corrected chi connectivity index (χ4v) is 5.85. The molecule has 24 heavy (non-hydrogen) atoms. The van der Waals surface area contributed by atoms with E-state index in [1.54, 1.807) is 12.1 Å². The van der Waals surface area contributed by atoms with Crippen molar-refractivity contribution in [3.63, 3.8) is 0 Å². The second-order valence-corrected chi connectivity index (χ2v) is 8.66. The first-order valence-corrected chi connectivity index (χ1v) is 9.89. The lowest BCUT2D eigenvalue weighted by Crippen LogP contribution is -2.30. The number of rotatable bonds is 4. The Balaban J connectivity index is 1.97. The van der Waals surface area contributed by atoms with E-state index < -0.39 is 20.3 Å². The molecular formula is C15H13ClN2O4S2. The van der Waals surface area contributed by atoms with Crippen molar-refractivity contribution < 1.29 is 13.3 Å². The summed E-state index contributed by atoms with van der Waals surface area (Å²) in [7, 11) is -3.70. The van der Waals surface area contributed by atoms with Crippen LogP contribution in [0.4, 0.5) is 5.69 Å². The Bertz CT molecular complexity index is 871. The van der Waals surface area contributed by atoms with E-state index in [2.05, 4.69) is 0 Å². The van der Waals surface area contributed by atoms with Gasteiger partial charge in [-0.25, -0.2) is 8.42 Å². The number of hydrogen-bond acceptors (Lipinski definition) is 5. The first-order valence-electron chi connectivity index (χ1n) is 7.03. The minimum Gasteiger partial charge on any atom is -0.258 e. The van der Waals surface area contributed by atoms with E-state index in [1.807, 2.05) is 0 Å². The molecule has 1 aliphatic heterocycles. The lowest BCUT2D eigenvalue weighted by atomic mass is 10.2. The van der Waals surface area contributed by atoms with Crippen molar-refractivity contribution in [1.82, 2.24) is 4.31 Å². The van der Waals surface area contributed by atoms with Gasteiger partial charge in [0.2, 0.25) is 10.0 Å². The van der Waals surface area contributed by atoms with E-state index in [-0.39, 0.29) is 10.6 Å². The lowest BCUT2D eigenvalue weighted by molar-refractivity contribution is -0.384. The summed E-state index contributed by atoms with van der Waals surface area (Å²) < 4.78 is 27.1. The quantitative estimate of drug-likeness (QED) is 0.593. The minimum atomic E-state index is -3.70. The summed E-state index contributed by atoms with van der Waals surface area (Å²) in [5, 5.41) is 10.9. The number of thioether (sulfide) groups is 1. The SMILES string of the molecule is O=[N+]([O-])c1cccc([C@@H]2SCCN2S(=O)(=O)c2ccc(Cl)cc2)c1. The monoisotopic (exact) mass is 384 g/mol. The van der Waals surface area contributed by atoms with Crippen molar-refractivity contribution in [3.8, 4) is 0 Å². The van der Waals surface area contributed by atoms with E-state index in [9.17, 15) is 18.5 Å². The van der Waals surface area contributed by atoms with Gasteiger partial charge in [-0.15, -0.1) is 11.8 Å². The number of nitro benzene ring substituents is 1. The third-order valence-corrected chi connectivity index (χ3v) is 7.16. The Morgan fingerprint density at radius 3 is 2.58 bits per heavy atom. The summed E-state index contributed by atoms with van der Waals surface area (Å²) in [6.07, 6.45) is 0. The van der Waals surface area contributed by atoms with Gasteiger partial charge in [-0.2, -0.15) is 4.31 Å². The first kappa shape index (κ1) is 17.2. The van der Waals surface area contributed by atoms with E-state index in [1.165, 1.54) is 52.5 Å². The number of nitro groups is 1. The highest BCUT2D eigenvalue weighted by atomic mass is 35.5. The Morgan fingerprint density at radius 1 is 1.21 bits per heavy atom. The third-order valence-electron chi connectivity index (χ3n) is 3.64. The Labute approximate surface area is 148 Å². The third kappa shape index (κ3) is 3.27. The summed E-state index contributed by atoms with van der Waals surface area (Å²) >= 11 is 7.26. The van der Waals surface area contributed by atoms with Gasteiger partial charge in [-0.1, -0.05) is 23.7 Å². The molecule has 0 unspecified atom stereocenters. The van der Waals surface area contributed by atoms with Crippen molar-refractivity contribution in [1.29, 1.82) is 0 Å². The average Bonchev–Trinajstić information content (AvgIpc) is 3.06. The molecule has 1 heterocycles. The molecule has 0 saturated carbocycles. The van der Waals surface area contributed by atoms with E-state index >= 15 is 0 Å². The van der Waals surface area contributed by atoms with Crippen LogP contribution in [0.2, 0.25) is 5.02 Å². The molecule has 0 bridgehead atoms. The fraction of sp³-hybridized carbons (Fsp3) is 0.200. The van der Waals surface area contributed by atoms with Gasteiger partial charge < -0.3 is 0 Å². The molecule has 1 fully saturated rings. The molecule has 3 rings (SSSR count). The number of non-ortho nitro benzene ring substituents is 1. The van der Waals surface area contributed by atoms with Crippen LogP contribution in [-0.4, -0.2) is 29.9 Å². The maximum absolute atomic E-state index is 12.9. The maximum Gasteiger partial charge on any atom is 0.269 e. The second-order valence-electron chi connectivity index (χ2n) is 5.14.